The molecule has 140 valence electrons. The molecule has 1 aliphatic heterocycles. The minimum absolute atomic E-state index is 0.203. The highest BCUT2D eigenvalue weighted by Gasteiger charge is 2.28. The number of nitrogens with zero attached hydrogens (tertiary/aromatic N) is 2. The molecule has 0 spiro atoms. The summed E-state index contributed by atoms with van der Waals surface area (Å²) >= 11 is 3.49. The van der Waals surface area contributed by atoms with Crippen molar-refractivity contribution in [3.8, 4) is 5.75 Å². The molecular formula is C19H29BrN2O3. The number of ether oxygens (including phenoxy) is 2. The Balaban J connectivity index is 1.87. The van der Waals surface area contributed by atoms with Crippen LogP contribution >= 0.6 is 15.9 Å². The standard InChI is InChI=1S/C19H29BrN2O3/c1-19(2,3)25-18(23)22-10-8-15(9-11-22)21(4)13-14-6-7-16(20)17(12-14)24-5/h6-7,12,15H,8-11,13H2,1-5H3. The summed E-state index contributed by atoms with van der Waals surface area (Å²) in [4.78, 5) is 16.3. The van der Waals surface area contributed by atoms with Gasteiger partial charge in [-0.15, -0.1) is 0 Å². The first kappa shape index (κ1) is 20.0. The molecule has 1 saturated heterocycles. The van der Waals surface area contributed by atoms with Crippen molar-refractivity contribution in [2.75, 3.05) is 27.2 Å². The molecule has 0 aliphatic carbocycles. The Morgan fingerprint density at radius 3 is 2.52 bits per heavy atom. The van der Waals surface area contributed by atoms with Crippen LogP contribution in [0.4, 0.5) is 4.79 Å². The molecule has 0 atom stereocenters. The van der Waals surface area contributed by atoms with E-state index in [2.05, 4.69) is 40.0 Å². The predicted molar refractivity (Wildman–Crippen MR) is 103 cm³/mol. The van der Waals surface area contributed by atoms with Gasteiger partial charge < -0.3 is 14.4 Å². The van der Waals surface area contributed by atoms with E-state index in [0.717, 1.165) is 42.7 Å². The van der Waals surface area contributed by atoms with Gasteiger partial charge in [-0.3, -0.25) is 4.90 Å². The molecule has 0 bridgehead atoms. The number of carbonyl (C=O) groups excluding carboxylic acids is 1. The maximum absolute atomic E-state index is 12.2. The third kappa shape index (κ3) is 5.89. The summed E-state index contributed by atoms with van der Waals surface area (Å²) in [5.41, 5.74) is 0.780. The van der Waals surface area contributed by atoms with Crippen molar-refractivity contribution >= 4 is 22.0 Å². The quantitative estimate of drug-likeness (QED) is 0.739. The van der Waals surface area contributed by atoms with Crippen molar-refractivity contribution in [1.29, 1.82) is 0 Å². The second-order valence-corrected chi connectivity index (χ2v) is 8.44. The predicted octanol–water partition coefficient (Wildman–Crippen LogP) is 4.29. The number of rotatable bonds is 4. The number of amides is 1. The average Bonchev–Trinajstić information content (AvgIpc) is 2.55. The molecule has 1 aromatic carbocycles. The minimum atomic E-state index is -0.439. The molecule has 0 N–H and O–H groups in total. The molecular weight excluding hydrogens is 384 g/mol. The molecule has 0 aromatic heterocycles. The van der Waals surface area contributed by atoms with E-state index in [4.69, 9.17) is 9.47 Å². The summed E-state index contributed by atoms with van der Waals surface area (Å²) in [5.74, 6) is 0.852. The molecule has 1 aliphatic rings. The van der Waals surface area contributed by atoms with Crippen LogP contribution < -0.4 is 4.74 Å². The Kier molecular flexibility index (Phi) is 6.74. The van der Waals surface area contributed by atoms with Crippen LogP contribution in [0.2, 0.25) is 0 Å². The van der Waals surface area contributed by atoms with Gasteiger partial charge in [0.2, 0.25) is 0 Å². The highest BCUT2D eigenvalue weighted by Crippen LogP contribution is 2.27. The lowest BCUT2D eigenvalue weighted by molar-refractivity contribution is 0.0153. The summed E-state index contributed by atoms with van der Waals surface area (Å²) < 4.78 is 11.8. The Bertz CT molecular complexity index is 593. The number of methoxy groups -OCH3 is 1. The zero-order chi connectivity index (χ0) is 18.6. The van der Waals surface area contributed by atoms with E-state index in [1.54, 1.807) is 7.11 Å². The van der Waals surface area contributed by atoms with Gasteiger partial charge in [0.1, 0.15) is 11.4 Å². The van der Waals surface area contributed by atoms with E-state index in [9.17, 15) is 4.79 Å². The maximum Gasteiger partial charge on any atom is 0.410 e. The van der Waals surface area contributed by atoms with E-state index < -0.39 is 5.60 Å². The number of likely N-dealkylation sites (tertiary alicyclic amines) is 1. The lowest BCUT2D eigenvalue weighted by Crippen LogP contribution is -2.46. The number of hydrogen-bond donors (Lipinski definition) is 0. The zero-order valence-electron chi connectivity index (χ0n) is 15.8. The van der Waals surface area contributed by atoms with Crippen LogP contribution in [-0.4, -0.2) is 54.8 Å². The Morgan fingerprint density at radius 1 is 1.32 bits per heavy atom. The van der Waals surface area contributed by atoms with Gasteiger partial charge in [0.15, 0.2) is 0 Å². The number of halogens is 1. The summed E-state index contributed by atoms with van der Waals surface area (Å²) in [7, 11) is 3.82. The summed E-state index contributed by atoms with van der Waals surface area (Å²) in [6.07, 6.45) is 1.72. The lowest BCUT2D eigenvalue weighted by Gasteiger charge is -2.37. The van der Waals surface area contributed by atoms with Crippen molar-refractivity contribution in [1.82, 2.24) is 9.80 Å². The van der Waals surface area contributed by atoms with E-state index in [-0.39, 0.29) is 6.09 Å². The number of benzene rings is 1. The van der Waals surface area contributed by atoms with Crippen LogP contribution in [0.25, 0.3) is 0 Å². The smallest absolute Gasteiger partial charge is 0.410 e. The third-order valence-electron chi connectivity index (χ3n) is 4.39. The van der Waals surface area contributed by atoms with E-state index >= 15 is 0 Å². The van der Waals surface area contributed by atoms with Crippen molar-refractivity contribution in [2.24, 2.45) is 0 Å². The largest absolute Gasteiger partial charge is 0.496 e. The average molecular weight is 413 g/mol. The molecule has 1 amide bonds. The first-order valence-electron chi connectivity index (χ1n) is 8.70. The van der Waals surface area contributed by atoms with E-state index in [0.29, 0.717) is 6.04 Å². The van der Waals surface area contributed by atoms with Crippen LogP contribution in [0.5, 0.6) is 5.75 Å². The Morgan fingerprint density at radius 2 is 1.96 bits per heavy atom. The summed E-state index contributed by atoms with van der Waals surface area (Å²) in [5, 5.41) is 0. The highest BCUT2D eigenvalue weighted by molar-refractivity contribution is 9.10. The van der Waals surface area contributed by atoms with Crippen LogP contribution in [-0.2, 0) is 11.3 Å². The fourth-order valence-corrected chi connectivity index (χ4v) is 3.44. The van der Waals surface area contributed by atoms with Crippen molar-refractivity contribution in [3.05, 3.63) is 28.2 Å². The van der Waals surface area contributed by atoms with Gasteiger partial charge in [-0.05, 0) is 74.3 Å². The van der Waals surface area contributed by atoms with Crippen LogP contribution in [0, 0.1) is 0 Å². The van der Waals surface area contributed by atoms with Gasteiger partial charge >= 0.3 is 6.09 Å². The molecule has 1 heterocycles. The van der Waals surface area contributed by atoms with Gasteiger partial charge in [0, 0.05) is 25.7 Å². The SMILES string of the molecule is COc1cc(CN(C)C2CCN(C(=O)OC(C)(C)C)CC2)ccc1Br. The molecule has 2 rings (SSSR count). The highest BCUT2D eigenvalue weighted by atomic mass is 79.9. The second-order valence-electron chi connectivity index (χ2n) is 7.58. The molecule has 0 saturated carbocycles. The first-order chi connectivity index (χ1) is 11.7. The Hall–Kier alpha value is -1.27. The Labute approximate surface area is 159 Å². The summed E-state index contributed by atoms with van der Waals surface area (Å²) in [6, 6.07) is 6.66. The van der Waals surface area contributed by atoms with Crippen molar-refractivity contribution in [3.63, 3.8) is 0 Å². The van der Waals surface area contributed by atoms with Gasteiger partial charge in [-0.1, -0.05) is 6.07 Å². The first-order valence-corrected chi connectivity index (χ1v) is 9.49. The number of hydrogen-bond acceptors (Lipinski definition) is 4. The fraction of sp³-hybridized carbons (Fsp3) is 0.632. The molecule has 0 radical (unpaired) electrons. The van der Waals surface area contributed by atoms with Gasteiger partial charge in [-0.25, -0.2) is 4.79 Å². The van der Waals surface area contributed by atoms with Gasteiger partial charge in [-0.2, -0.15) is 0 Å². The number of carbonyl (C=O) groups is 1. The third-order valence-corrected chi connectivity index (χ3v) is 5.04. The van der Waals surface area contributed by atoms with Gasteiger partial charge in [0.05, 0.1) is 11.6 Å². The van der Waals surface area contributed by atoms with E-state index in [1.165, 1.54) is 5.56 Å². The second kappa shape index (κ2) is 8.41. The van der Waals surface area contributed by atoms with Crippen LogP contribution in [0.1, 0.15) is 39.2 Å². The van der Waals surface area contributed by atoms with Crippen molar-refractivity contribution < 1.29 is 14.3 Å². The molecule has 1 aromatic rings. The van der Waals surface area contributed by atoms with Crippen LogP contribution in [0.3, 0.4) is 0 Å². The van der Waals surface area contributed by atoms with Crippen molar-refractivity contribution in [2.45, 2.75) is 51.8 Å². The monoisotopic (exact) mass is 412 g/mol. The fourth-order valence-electron chi connectivity index (χ4n) is 3.04. The minimum Gasteiger partial charge on any atom is -0.496 e. The number of piperidine rings is 1. The lowest BCUT2D eigenvalue weighted by atomic mass is 10.0. The summed E-state index contributed by atoms with van der Waals surface area (Å²) in [6.45, 7) is 8.05. The molecule has 5 nitrogen and oxygen atoms in total. The molecule has 25 heavy (non-hydrogen) atoms. The topological polar surface area (TPSA) is 42.0 Å². The molecule has 6 heteroatoms. The van der Waals surface area contributed by atoms with Crippen LogP contribution in [0.15, 0.2) is 22.7 Å². The zero-order valence-corrected chi connectivity index (χ0v) is 17.4. The molecule has 1 fully saturated rings. The molecule has 0 unspecified atom stereocenters. The normalized spacial score (nSPS) is 16.2. The van der Waals surface area contributed by atoms with Gasteiger partial charge in [0.25, 0.3) is 0 Å². The van der Waals surface area contributed by atoms with E-state index in [1.807, 2.05) is 31.7 Å². The maximum atomic E-state index is 12.2.